The molecule has 0 bridgehead atoms. The largest absolute Gasteiger partial charge is 0.593 e. The van der Waals surface area contributed by atoms with Crippen molar-refractivity contribution >= 4 is 23.0 Å². The summed E-state index contributed by atoms with van der Waals surface area (Å²) in [7, 11) is 1.65. The van der Waals surface area contributed by atoms with Gasteiger partial charge in [0.25, 0.3) is 5.91 Å². The van der Waals surface area contributed by atoms with Gasteiger partial charge in [0, 0.05) is 12.7 Å². The summed E-state index contributed by atoms with van der Waals surface area (Å²) in [6.45, 7) is 2.12. The molecule has 2 atom stereocenters. The van der Waals surface area contributed by atoms with Gasteiger partial charge in [-0.05, 0) is 37.1 Å². The normalized spacial score (nSPS) is 19.9. The molecule has 2 heterocycles. The number of ether oxygens (including phenoxy) is 1. The molecule has 32 heavy (non-hydrogen) atoms. The number of nitriles is 1. The predicted octanol–water partition coefficient (Wildman–Crippen LogP) is 3.29. The highest BCUT2D eigenvalue weighted by molar-refractivity contribution is 7.89. The first-order valence-corrected chi connectivity index (χ1v) is 11.0. The van der Waals surface area contributed by atoms with E-state index in [4.69, 9.17) is 10.00 Å². The topological polar surface area (TPSA) is 102 Å². The maximum Gasteiger partial charge on any atom is 0.276 e. The third-order valence-corrected chi connectivity index (χ3v) is 6.54. The highest BCUT2D eigenvalue weighted by Crippen LogP contribution is 2.35. The van der Waals surface area contributed by atoms with Crippen molar-refractivity contribution < 1.29 is 18.5 Å². The third kappa shape index (κ3) is 4.34. The summed E-state index contributed by atoms with van der Waals surface area (Å²) in [4.78, 5) is 13.4. The molecular formula is C23H21FN4O3S. The van der Waals surface area contributed by atoms with Crippen molar-refractivity contribution in [3.8, 4) is 11.8 Å². The van der Waals surface area contributed by atoms with Crippen LogP contribution in [0.2, 0.25) is 0 Å². The standard InChI is InChI=1S/C23H21FN4O3S/c1-23(11-15-6-4-3-5-7-15)14-31-21-19(32(30)27-23)13-28(2)20(21)22(29)26-17-8-9-18(24)16(10-17)12-25/h3-10,13,27H,11,14H2,1-2H3,(H,26,29)/t23-,32?/m0/s1. The Balaban J connectivity index is 1.59. The van der Waals surface area contributed by atoms with E-state index in [1.54, 1.807) is 19.3 Å². The molecule has 164 valence electrons. The fraction of sp³-hybridized carbons (Fsp3) is 0.217. The first-order valence-electron chi connectivity index (χ1n) is 9.86. The van der Waals surface area contributed by atoms with Gasteiger partial charge in [-0.25, -0.2) is 4.39 Å². The SMILES string of the molecule is Cn1cc2c(c1C(=O)Nc1ccc(F)c(C#N)c1)OC[C@](C)(Cc1ccccc1)N[S+]2[O-]. The minimum Gasteiger partial charge on any atom is -0.593 e. The maximum absolute atomic E-state index is 13.6. The number of nitrogens with one attached hydrogen (secondary N) is 2. The van der Waals surface area contributed by atoms with E-state index < -0.39 is 28.6 Å². The molecule has 0 saturated heterocycles. The number of carbonyl (C=O) groups excluding carboxylic acids is 1. The van der Waals surface area contributed by atoms with E-state index in [-0.39, 0.29) is 29.3 Å². The van der Waals surface area contributed by atoms with E-state index in [2.05, 4.69) is 10.0 Å². The third-order valence-electron chi connectivity index (χ3n) is 5.17. The lowest BCUT2D eigenvalue weighted by molar-refractivity contribution is 0.101. The number of amides is 1. The van der Waals surface area contributed by atoms with E-state index in [0.717, 1.165) is 11.6 Å². The molecule has 2 N–H and O–H groups in total. The van der Waals surface area contributed by atoms with Crippen molar-refractivity contribution in [2.45, 2.75) is 23.8 Å². The molecule has 7 nitrogen and oxygen atoms in total. The summed E-state index contributed by atoms with van der Waals surface area (Å²) >= 11 is -1.60. The van der Waals surface area contributed by atoms with E-state index in [1.807, 2.05) is 37.3 Å². The van der Waals surface area contributed by atoms with Crippen LogP contribution in [0.5, 0.6) is 5.75 Å². The van der Waals surface area contributed by atoms with Gasteiger partial charge in [0.05, 0.1) is 28.7 Å². The average Bonchev–Trinajstić information content (AvgIpc) is 3.05. The van der Waals surface area contributed by atoms with Gasteiger partial charge in [-0.15, -0.1) is 4.72 Å². The lowest BCUT2D eigenvalue weighted by atomic mass is 9.95. The van der Waals surface area contributed by atoms with Crippen LogP contribution in [-0.4, -0.2) is 27.2 Å². The number of anilines is 1. The maximum atomic E-state index is 13.6. The van der Waals surface area contributed by atoms with E-state index in [0.29, 0.717) is 11.3 Å². The number of hydrogen-bond donors (Lipinski definition) is 2. The smallest absolute Gasteiger partial charge is 0.276 e. The number of aromatic nitrogens is 1. The van der Waals surface area contributed by atoms with Gasteiger partial charge in [-0.1, -0.05) is 30.3 Å². The van der Waals surface area contributed by atoms with Gasteiger partial charge in [0.1, 0.15) is 18.5 Å². The van der Waals surface area contributed by atoms with Gasteiger partial charge in [-0.2, -0.15) is 5.26 Å². The monoisotopic (exact) mass is 452 g/mol. The zero-order valence-electron chi connectivity index (χ0n) is 17.5. The van der Waals surface area contributed by atoms with Crippen LogP contribution in [-0.2, 0) is 24.8 Å². The number of benzene rings is 2. The molecule has 3 aromatic rings. The molecule has 0 spiro atoms. The van der Waals surface area contributed by atoms with Gasteiger partial charge in [-0.3, -0.25) is 4.79 Å². The van der Waals surface area contributed by atoms with Crippen LogP contribution in [0.15, 0.2) is 59.6 Å². The minimum atomic E-state index is -1.60. The highest BCUT2D eigenvalue weighted by atomic mass is 32.2. The molecule has 1 aliphatic heterocycles. The zero-order valence-corrected chi connectivity index (χ0v) is 18.3. The van der Waals surface area contributed by atoms with E-state index in [9.17, 15) is 13.7 Å². The Morgan fingerprint density at radius 1 is 1.38 bits per heavy atom. The van der Waals surface area contributed by atoms with Crippen molar-refractivity contribution in [1.29, 1.82) is 5.26 Å². The summed E-state index contributed by atoms with van der Waals surface area (Å²) in [5.41, 5.74) is 0.722. The number of fused-ring (bicyclic) bond motifs is 1. The Bertz CT molecular complexity index is 1210. The van der Waals surface area contributed by atoms with Crippen molar-refractivity contribution in [3.63, 3.8) is 0 Å². The predicted molar refractivity (Wildman–Crippen MR) is 118 cm³/mol. The number of rotatable bonds is 4. The molecule has 9 heteroatoms. The van der Waals surface area contributed by atoms with Gasteiger partial charge >= 0.3 is 0 Å². The van der Waals surface area contributed by atoms with Crippen LogP contribution in [0.3, 0.4) is 0 Å². The molecule has 1 unspecified atom stereocenters. The Hall–Kier alpha value is -3.32. The van der Waals surface area contributed by atoms with Crippen molar-refractivity contribution in [2.24, 2.45) is 7.05 Å². The summed E-state index contributed by atoms with van der Waals surface area (Å²) in [6.07, 6.45) is 2.18. The number of hydrogen-bond acceptors (Lipinski definition) is 5. The second-order valence-corrected chi connectivity index (χ2v) is 9.11. The summed E-state index contributed by atoms with van der Waals surface area (Å²) in [6, 6.07) is 15.3. The number of halogens is 1. The molecule has 1 amide bonds. The fourth-order valence-corrected chi connectivity index (χ4v) is 4.93. The van der Waals surface area contributed by atoms with Gasteiger partial charge in [0.15, 0.2) is 5.69 Å². The number of nitrogens with zero attached hydrogens (tertiary/aromatic N) is 2. The van der Waals surface area contributed by atoms with Crippen LogP contribution in [0.4, 0.5) is 10.1 Å². The van der Waals surface area contributed by atoms with E-state index in [1.165, 1.54) is 16.7 Å². The Kier molecular flexibility index (Phi) is 5.93. The molecule has 1 aliphatic rings. The van der Waals surface area contributed by atoms with Crippen molar-refractivity contribution in [2.75, 3.05) is 11.9 Å². The lowest BCUT2D eigenvalue weighted by Crippen LogP contribution is -2.50. The van der Waals surface area contributed by atoms with Crippen molar-refractivity contribution in [3.05, 3.63) is 77.4 Å². The zero-order chi connectivity index (χ0) is 22.9. The van der Waals surface area contributed by atoms with Gasteiger partial charge < -0.3 is 19.2 Å². The quantitative estimate of drug-likeness (QED) is 0.592. The second-order valence-electron chi connectivity index (χ2n) is 7.93. The molecule has 2 aromatic carbocycles. The van der Waals surface area contributed by atoms with Crippen molar-refractivity contribution in [1.82, 2.24) is 9.29 Å². The first kappa shape index (κ1) is 21.9. The highest BCUT2D eigenvalue weighted by Gasteiger charge is 2.40. The molecule has 1 aromatic heterocycles. The Morgan fingerprint density at radius 3 is 2.84 bits per heavy atom. The second kappa shape index (κ2) is 8.67. The molecule has 0 fully saturated rings. The van der Waals surface area contributed by atoms with Crippen LogP contribution in [0.1, 0.15) is 28.5 Å². The van der Waals surface area contributed by atoms with Gasteiger partial charge in [0.2, 0.25) is 10.6 Å². The Labute approximate surface area is 188 Å². The fourth-order valence-electron chi connectivity index (χ4n) is 3.66. The first-order chi connectivity index (χ1) is 15.3. The molecular weight excluding hydrogens is 431 g/mol. The van der Waals surface area contributed by atoms with Crippen LogP contribution >= 0.6 is 0 Å². The minimum absolute atomic E-state index is 0.174. The van der Waals surface area contributed by atoms with Crippen LogP contribution in [0.25, 0.3) is 0 Å². The molecule has 0 radical (unpaired) electrons. The van der Waals surface area contributed by atoms with Crippen LogP contribution in [0, 0.1) is 17.1 Å². The number of aryl methyl sites for hydroxylation is 1. The summed E-state index contributed by atoms with van der Waals surface area (Å²) < 4.78 is 37.4. The Morgan fingerprint density at radius 2 is 2.12 bits per heavy atom. The molecule has 0 saturated carbocycles. The summed E-state index contributed by atoms with van der Waals surface area (Å²) in [5, 5.41) is 11.7. The molecule has 0 aliphatic carbocycles. The number of carbonyl (C=O) groups is 1. The summed E-state index contributed by atoms with van der Waals surface area (Å²) in [5.74, 6) is -0.955. The lowest BCUT2D eigenvalue weighted by Gasteiger charge is -2.27. The molecule has 4 rings (SSSR count). The van der Waals surface area contributed by atoms with E-state index >= 15 is 0 Å². The average molecular weight is 453 g/mol. The van der Waals surface area contributed by atoms with Crippen LogP contribution < -0.4 is 14.8 Å².